The average molecular weight is 1330 g/mol. The summed E-state index contributed by atoms with van der Waals surface area (Å²) in [7, 11) is 0. The minimum Gasteiger partial charge on any atom is -0.311 e. The van der Waals surface area contributed by atoms with E-state index < -0.39 is 5.41 Å². The van der Waals surface area contributed by atoms with E-state index in [1.807, 2.05) is 0 Å². The lowest BCUT2D eigenvalue weighted by Crippen LogP contribution is -2.33. The highest BCUT2D eigenvalue weighted by atomic mass is 15.2. The monoisotopic (exact) mass is 1330 g/mol. The van der Waals surface area contributed by atoms with Gasteiger partial charge in [0.15, 0.2) is 0 Å². The first kappa shape index (κ1) is 60.2. The minimum absolute atomic E-state index is 0.692. The molecule has 0 radical (unpaired) electrons. The number of nitrogens with zero attached hydrogens (tertiary/aromatic N) is 5. The number of anilines is 12. The third-order valence-electron chi connectivity index (χ3n) is 21.5. The molecule has 5 nitrogen and oxygen atoms in total. The van der Waals surface area contributed by atoms with Gasteiger partial charge in [0.1, 0.15) is 0 Å². The molecule has 0 N–H and O–H groups in total. The molecule has 1 aromatic heterocycles. The summed E-state index contributed by atoms with van der Waals surface area (Å²) in [5.74, 6) is 0. The molecule has 104 heavy (non-hydrogen) atoms. The zero-order valence-electron chi connectivity index (χ0n) is 56.9. The molecule has 1 aliphatic carbocycles. The summed E-state index contributed by atoms with van der Waals surface area (Å²) >= 11 is 0. The number of benzene rings is 17. The van der Waals surface area contributed by atoms with Gasteiger partial charge in [-0.1, -0.05) is 237 Å². The molecule has 0 amide bonds. The van der Waals surface area contributed by atoms with Gasteiger partial charge in [0.05, 0.1) is 22.1 Å². The number of fused-ring (bicyclic) bond motifs is 14. The van der Waals surface area contributed by atoms with Gasteiger partial charge in [0, 0.05) is 79.0 Å². The van der Waals surface area contributed by atoms with E-state index in [1.165, 1.54) is 82.4 Å². The van der Waals surface area contributed by atoms with Gasteiger partial charge >= 0.3 is 0 Å². The molecular formula is C99H67N5. The Morgan fingerprint density at radius 2 is 0.510 bits per heavy atom. The second-order valence-corrected chi connectivity index (χ2v) is 27.2. The summed E-state index contributed by atoms with van der Waals surface area (Å²) in [5, 5.41) is 7.30. The topological polar surface area (TPSA) is 17.9 Å². The minimum atomic E-state index is -0.692. The number of para-hydroxylation sites is 7. The lowest BCUT2D eigenvalue weighted by molar-refractivity contribution is 0.749. The van der Waals surface area contributed by atoms with Crippen molar-refractivity contribution in [2.75, 3.05) is 19.6 Å². The maximum absolute atomic E-state index is 2.54. The van der Waals surface area contributed by atoms with Gasteiger partial charge in [-0.15, -0.1) is 0 Å². The lowest BCUT2D eigenvalue weighted by Gasteiger charge is -2.40. The first-order valence-electron chi connectivity index (χ1n) is 35.8. The van der Waals surface area contributed by atoms with Crippen molar-refractivity contribution in [2.24, 2.45) is 0 Å². The summed E-state index contributed by atoms with van der Waals surface area (Å²) in [6.07, 6.45) is 0. The predicted octanol–water partition coefficient (Wildman–Crippen LogP) is 27.0. The predicted molar refractivity (Wildman–Crippen MR) is 436 cm³/mol. The van der Waals surface area contributed by atoms with Crippen LogP contribution in [0.25, 0.3) is 82.4 Å². The van der Waals surface area contributed by atoms with Crippen LogP contribution >= 0.6 is 0 Å². The standard InChI is InChI=1S/C99H67N5/c1-5-26-76(27-6-1)100(77-28-7-2-8-29-77)82-54-58-84(59-55-82)102(86-52-44-68-22-13-15-24-72(68)64-86)80-48-40-70(41-49-80)74-46-62-88-89-63-47-75(67-95(89)99(94(88)66-74)92-36-18-20-39-97(92)104-96-38-19-17-34-90(96)91-35-21-37-93(99)98(91)104)71-42-50-81(51-43-71)103(87-53-45-69-23-14-16-25-73(69)65-87)85-60-56-83(57-61-85)101(78-30-9-3-10-31-78)79-32-11-4-12-33-79/h1-67H. The number of aromatic nitrogens is 1. The van der Waals surface area contributed by atoms with E-state index in [4.69, 9.17) is 0 Å². The molecule has 20 rings (SSSR count). The van der Waals surface area contributed by atoms with Crippen LogP contribution in [0, 0.1) is 0 Å². The first-order chi connectivity index (χ1) is 51.6. The molecule has 17 aromatic carbocycles. The van der Waals surface area contributed by atoms with Gasteiger partial charge in [-0.2, -0.15) is 0 Å². The third-order valence-corrected chi connectivity index (χ3v) is 21.5. The third kappa shape index (κ3) is 9.92. The fourth-order valence-corrected chi connectivity index (χ4v) is 16.8. The molecule has 0 unspecified atom stereocenters. The van der Waals surface area contributed by atoms with Crippen LogP contribution in [0.3, 0.4) is 0 Å². The van der Waals surface area contributed by atoms with Gasteiger partial charge in [-0.05, 0) is 247 Å². The zero-order chi connectivity index (χ0) is 68.7. The van der Waals surface area contributed by atoms with E-state index in [2.05, 4.69) is 431 Å². The van der Waals surface area contributed by atoms with Crippen molar-refractivity contribution in [3.8, 4) is 39.1 Å². The first-order valence-corrected chi connectivity index (χ1v) is 35.8. The molecule has 488 valence electrons. The fraction of sp³-hybridized carbons (Fsp3) is 0.0101. The van der Waals surface area contributed by atoms with E-state index in [9.17, 15) is 0 Å². The van der Waals surface area contributed by atoms with E-state index in [0.717, 1.165) is 90.5 Å². The Morgan fingerprint density at radius 1 is 0.192 bits per heavy atom. The van der Waals surface area contributed by atoms with Crippen LogP contribution in [-0.4, -0.2) is 4.57 Å². The summed E-state index contributed by atoms with van der Waals surface area (Å²) in [6, 6.07) is 149. The summed E-state index contributed by atoms with van der Waals surface area (Å²) in [5.41, 5.74) is 28.2. The molecule has 0 bridgehead atoms. The van der Waals surface area contributed by atoms with Crippen LogP contribution in [0.5, 0.6) is 0 Å². The van der Waals surface area contributed by atoms with E-state index in [0.29, 0.717) is 0 Å². The molecular weight excluding hydrogens is 1260 g/mol. The van der Waals surface area contributed by atoms with Crippen molar-refractivity contribution >= 4 is 112 Å². The Labute approximate surface area is 605 Å². The van der Waals surface area contributed by atoms with Crippen LogP contribution in [0.15, 0.2) is 406 Å². The number of hydrogen-bond acceptors (Lipinski definition) is 4. The van der Waals surface area contributed by atoms with E-state index in [-0.39, 0.29) is 0 Å². The molecule has 0 fully saturated rings. The molecule has 0 saturated carbocycles. The maximum Gasteiger partial charge on any atom is 0.0754 e. The molecule has 18 aromatic rings. The van der Waals surface area contributed by atoms with Crippen LogP contribution in [0.4, 0.5) is 68.2 Å². The number of hydrogen-bond donors (Lipinski definition) is 0. The Balaban J connectivity index is 0.704. The van der Waals surface area contributed by atoms with Crippen LogP contribution in [0.2, 0.25) is 0 Å². The van der Waals surface area contributed by atoms with Gasteiger partial charge in [0.25, 0.3) is 0 Å². The fourth-order valence-electron chi connectivity index (χ4n) is 16.8. The van der Waals surface area contributed by atoms with Crippen molar-refractivity contribution in [1.82, 2.24) is 4.57 Å². The molecule has 0 atom stereocenters. The summed E-state index contributed by atoms with van der Waals surface area (Å²) in [6.45, 7) is 0. The molecule has 2 heterocycles. The van der Waals surface area contributed by atoms with Crippen molar-refractivity contribution in [2.45, 2.75) is 5.41 Å². The zero-order valence-corrected chi connectivity index (χ0v) is 56.9. The SMILES string of the molecule is c1ccc(N(c2ccccc2)c2ccc(N(c3ccc(-c4ccc5c(c4)C4(c6cc(-c7ccc(N(c8ccc(N(c9ccccc9)c9ccccc9)cc8)c8ccc9ccccc9c8)cc7)ccc6-5)c5ccccc5-n5c6ccccc6c6cccc4c65)cc3)c3ccc4ccccc4c3)cc2)cc1. The Hall–Kier alpha value is -13.7. The van der Waals surface area contributed by atoms with Gasteiger partial charge < -0.3 is 24.2 Å². The smallest absolute Gasteiger partial charge is 0.0754 e. The maximum atomic E-state index is 2.54. The van der Waals surface area contributed by atoms with Gasteiger partial charge in [-0.25, -0.2) is 0 Å². The molecule has 5 heteroatoms. The number of rotatable bonds is 14. The van der Waals surface area contributed by atoms with Gasteiger partial charge in [-0.3, -0.25) is 0 Å². The van der Waals surface area contributed by atoms with Crippen LogP contribution < -0.4 is 19.6 Å². The van der Waals surface area contributed by atoms with Crippen LogP contribution in [-0.2, 0) is 5.41 Å². The van der Waals surface area contributed by atoms with Crippen molar-refractivity contribution < 1.29 is 0 Å². The summed E-state index contributed by atoms with van der Waals surface area (Å²) in [4.78, 5) is 9.41. The van der Waals surface area contributed by atoms with Crippen molar-refractivity contribution in [3.05, 3.63) is 429 Å². The average Bonchev–Trinajstić information content (AvgIpc) is 1.48. The Morgan fingerprint density at radius 3 is 0.952 bits per heavy atom. The quantitative estimate of drug-likeness (QED) is 0.108. The second-order valence-electron chi connectivity index (χ2n) is 27.2. The molecule has 1 spiro atoms. The van der Waals surface area contributed by atoms with Crippen molar-refractivity contribution in [1.29, 1.82) is 0 Å². The van der Waals surface area contributed by atoms with Gasteiger partial charge in [0.2, 0.25) is 0 Å². The molecule has 0 saturated heterocycles. The molecule has 1 aliphatic heterocycles. The summed E-state index contributed by atoms with van der Waals surface area (Å²) < 4.78 is 2.54. The van der Waals surface area contributed by atoms with Crippen molar-refractivity contribution in [3.63, 3.8) is 0 Å². The highest BCUT2D eigenvalue weighted by Crippen LogP contribution is 2.62. The highest BCUT2D eigenvalue weighted by molar-refractivity contribution is 6.13. The second kappa shape index (κ2) is 24.9. The van der Waals surface area contributed by atoms with E-state index >= 15 is 0 Å². The lowest BCUT2D eigenvalue weighted by atomic mass is 9.65. The highest BCUT2D eigenvalue weighted by Gasteiger charge is 2.51. The van der Waals surface area contributed by atoms with E-state index in [1.54, 1.807) is 0 Å². The normalized spacial score (nSPS) is 12.3. The Bertz CT molecular complexity index is 5890. The molecule has 2 aliphatic rings. The Kier molecular flexibility index (Phi) is 14.4. The van der Waals surface area contributed by atoms with Crippen LogP contribution in [0.1, 0.15) is 22.3 Å². The largest absolute Gasteiger partial charge is 0.311 e.